The lowest BCUT2D eigenvalue weighted by molar-refractivity contribution is 0.184. The standard InChI is InChI=1S/C15H28N2O2/c1-11(2)13-3-5-14(6-4-13)16-15(19)17-8-7-12(9-17)10-18/h11-14,18H,3-10H2,1-2H3,(H,16,19). The second-order valence-corrected chi connectivity index (χ2v) is 6.59. The van der Waals surface area contributed by atoms with Crippen LogP contribution in [0.15, 0.2) is 0 Å². The Bertz CT molecular complexity index is 299. The minimum absolute atomic E-state index is 0.0731. The lowest BCUT2D eigenvalue weighted by Crippen LogP contribution is -2.45. The number of aliphatic hydroxyl groups is 1. The number of likely N-dealkylation sites (tertiary alicyclic amines) is 1. The Balaban J connectivity index is 1.72. The van der Waals surface area contributed by atoms with Gasteiger partial charge in [-0.1, -0.05) is 13.8 Å². The highest BCUT2D eigenvalue weighted by Crippen LogP contribution is 2.30. The summed E-state index contributed by atoms with van der Waals surface area (Å²) in [5.41, 5.74) is 0. The molecule has 2 rings (SSSR count). The van der Waals surface area contributed by atoms with Crippen LogP contribution in [0.5, 0.6) is 0 Å². The molecule has 4 nitrogen and oxygen atoms in total. The van der Waals surface area contributed by atoms with Gasteiger partial charge in [0.1, 0.15) is 0 Å². The molecule has 1 aliphatic carbocycles. The van der Waals surface area contributed by atoms with Crippen LogP contribution < -0.4 is 5.32 Å². The monoisotopic (exact) mass is 268 g/mol. The first-order chi connectivity index (χ1) is 9.10. The van der Waals surface area contributed by atoms with Crippen molar-refractivity contribution in [2.75, 3.05) is 19.7 Å². The number of hydrogen-bond acceptors (Lipinski definition) is 2. The van der Waals surface area contributed by atoms with Gasteiger partial charge in [-0.25, -0.2) is 4.79 Å². The molecule has 1 aliphatic heterocycles. The van der Waals surface area contributed by atoms with Crippen LogP contribution in [0.3, 0.4) is 0 Å². The molecule has 0 radical (unpaired) electrons. The molecule has 1 atom stereocenters. The van der Waals surface area contributed by atoms with Gasteiger partial charge in [0.05, 0.1) is 0 Å². The van der Waals surface area contributed by atoms with Crippen LogP contribution in [0.2, 0.25) is 0 Å². The van der Waals surface area contributed by atoms with E-state index in [0.717, 1.165) is 37.6 Å². The van der Waals surface area contributed by atoms with E-state index >= 15 is 0 Å². The predicted octanol–water partition coefficient (Wildman–Crippen LogP) is 2.22. The Morgan fingerprint density at radius 1 is 1.26 bits per heavy atom. The van der Waals surface area contributed by atoms with Crippen molar-refractivity contribution in [3.05, 3.63) is 0 Å². The summed E-state index contributed by atoms with van der Waals surface area (Å²) in [6.07, 6.45) is 5.64. The quantitative estimate of drug-likeness (QED) is 0.824. The summed E-state index contributed by atoms with van der Waals surface area (Å²) < 4.78 is 0. The molecule has 1 heterocycles. The van der Waals surface area contributed by atoms with Crippen LogP contribution in [0, 0.1) is 17.8 Å². The highest BCUT2D eigenvalue weighted by atomic mass is 16.3. The number of rotatable bonds is 3. The fourth-order valence-corrected chi connectivity index (χ4v) is 3.36. The Labute approximate surface area is 116 Å². The van der Waals surface area contributed by atoms with Gasteiger partial charge < -0.3 is 15.3 Å². The van der Waals surface area contributed by atoms with Gasteiger partial charge in [0.25, 0.3) is 0 Å². The Hall–Kier alpha value is -0.770. The van der Waals surface area contributed by atoms with E-state index in [0.29, 0.717) is 12.6 Å². The zero-order valence-corrected chi connectivity index (χ0v) is 12.3. The smallest absolute Gasteiger partial charge is 0.317 e. The molecule has 2 N–H and O–H groups in total. The van der Waals surface area contributed by atoms with Crippen molar-refractivity contribution in [3.63, 3.8) is 0 Å². The third-order valence-electron chi connectivity index (χ3n) is 4.87. The maximum Gasteiger partial charge on any atom is 0.317 e. The lowest BCUT2D eigenvalue weighted by atomic mass is 9.80. The molecule has 2 fully saturated rings. The van der Waals surface area contributed by atoms with Gasteiger partial charge in [-0.3, -0.25) is 0 Å². The molecule has 0 aromatic rings. The van der Waals surface area contributed by atoms with Crippen molar-refractivity contribution < 1.29 is 9.90 Å². The summed E-state index contributed by atoms with van der Waals surface area (Å²) in [7, 11) is 0. The molecule has 4 heteroatoms. The minimum Gasteiger partial charge on any atom is -0.396 e. The van der Waals surface area contributed by atoms with Gasteiger partial charge in [-0.05, 0) is 43.9 Å². The molecular formula is C15H28N2O2. The number of hydrogen-bond donors (Lipinski definition) is 2. The first-order valence-electron chi connectivity index (χ1n) is 7.76. The molecule has 0 spiro atoms. The second kappa shape index (κ2) is 6.60. The number of carbonyl (C=O) groups excluding carboxylic acids is 1. The number of aliphatic hydroxyl groups excluding tert-OH is 1. The van der Waals surface area contributed by atoms with Crippen LogP contribution in [-0.2, 0) is 0 Å². The van der Waals surface area contributed by atoms with Crippen molar-refractivity contribution in [1.29, 1.82) is 0 Å². The third kappa shape index (κ3) is 3.85. The first-order valence-corrected chi connectivity index (χ1v) is 7.76. The van der Waals surface area contributed by atoms with Crippen LogP contribution in [-0.4, -0.2) is 41.8 Å². The van der Waals surface area contributed by atoms with Gasteiger partial charge in [-0.15, -0.1) is 0 Å². The zero-order chi connectivity index (χ0) is 13.8. The maximum absolute atomic E-state index is 12.1. The molecule has 0 bridgehead atoms. The van der Waals surface area contributed by atoms with Crippen molar-refractivity contribution in [2.24, 2.45) is 17.8 Å². The Kier molecular flexibility index (Phi) is 5.08. The predicted molar refractivity (Wildman–Crippen MR) is 75.9 cm³/mol. The van der Waals surface area contributed by atoms with Gasteiger partial charge in [-0.2, -0.15) is 0 Å². The van der Waals surface area contributed by atoms with Crippen LogP contribution >= 0.6 is 0 Å². The highest BCUT2D eigenvalue weighted by Gasteiger charge is 2.29. The average Bonchev–Trinajstić information content (AvgIpc) is 2.88. The summed E-state index contributed by atoms with van der Waals surface area (Å²) in [6.45, 7) is 6.29. The highest BCUT2D eigenvalue weighted by molar-refractivity contribution is 5.74. The molecule has 1 saturated heterocycles. The average molecular weight is 268 g/mol. The van der Waals surface area contributed by atoms with Crippen molar-refractivity contribution in [2.45, 2.75) is 52.0 Å². The summed E-state index contributed by atoms with van der Waals surface area (Å²) >= 11 is 0. The summed E-state index contributed by atoms with van der Waals surface area (Å²) in [5, 5.41) is 12.3. The van der Waals surface area contributed by atoms with E-state index in [4.69, 9.17) is 5.11 Å². The fourth-order valence-electron chi connectivity index (χ4n) is 3.36. The molecule has 1 unspecified atom stereocenters. The minimum atomic E-state index is 0.0731. The molecule has 0 aromatic carbocycles. The summed E-state index contributed by atoms with van der Waals surface area (Å²) in [5.74, 6) is 1.88. The van der Waals surface area contributed by atoms with Gasteiger partial charge >= 0.3 is 6.03 Å². The Morgan fingerprint density at radius 3 is 2.47 bits per heavy atom. The largest absolute Gasteiger partial charge is 0.396 e. The molecular weight excluding hydrogens is 240 g/mol. The third-order valence-corrected chi connectivity index (χ3v) is 4.87. The van der Waals surface area contributed by atoms with E-state index in [1.54, 1.807) is 0 Å². The number of amides is 2. The molecule has 19 heavy (non-hydrogen) atoms. The topological polar surface area (TPSA) is 52.6 Å². The van der Waals surface area contributed by atoms with Crippen molar-refractivity contribution >= 4 is 6.03 Å². The lowest BCUT2D eigenvalue weighted by Gasteiger charge is -2.32. The Morgan fingerprint density at radius 2 is 1.95 bits per heavy atom. The van der Waals surface area contributed by atoms with E-state index in [-0.39, 0.29) is 18.6 Å². The van der Waals surface area contributed by atoms with Crippen LogP contribution in [0.25, 0.3) is 0 Å². The van der Waals surface area contributed by atoms with Crippen LogP contribution in [0.4, 0.5) is 4.79 Å². The molecule has 2 amide bonds. The van der Waals surface area contributed by atoms with Gasteiger partial charge in [0.2, 0.25) is 0 Å². The number of urea groups is 1. The maximum atomic E-state index is 12.1. The van der Waals surface area contributed by atoms with Crippen molar-refractivity contribution in [3.8, 4) is 0 Å². The van der Waals surface area contributed by atoms with E-state index in [2.05, 4.69) is 19.2 Å². The van der Waals surface area contributed by atoms with Crippen LogP contribution in [0.1, 0.15) is 46.0 Å². The van der Waals surface area contributed by atoms with E-state index in [1.165, 1.54) is 12.8 Å². The molecule has 1 saturated carbocycles. The van der Waals surface area contributed by atoms with E-state index < -0.39 is 0 Å². The van der Waals surface area contributed by atoms with Gasteiger partial charge in [0, 0.05) is 31.7 Å². The fraction of sp³-hybridized carbons (Fsp3) is 0.933. The van der Waals surface area contributed by atoms with Gasteiger partial charge in [0.15, 0.2) is 0 Å². The SMILES string of the molecule is CC(C)C1CCC(NC(=O)N2CCC(CO)C2)CC1. The van der Waals surface area contributed by atoms with E-state index in [9.17, 15) is 4.79 Å². The van der Waals surface area contributed by atoms with E-state index in [1.807, 2.05) is 4.90 Å². The molecule has 2 aliphatic rings. The second-order valence-electron chi connectivity index (χ2n) is 6.59. The molecule has 110 valence electrons. The first kappa shape index (κ1) is 14.6. The van der Waals surface area contributed by atoms with Crippen molar-refractivity contribution in [1.82, 2.24) is 10.2 Å². The summed E-state index contributed by atoms with van der Waals surface area (Å²) in [6, 6.07) is 0.430. The normalized spacial score (nSPS) is 31.8. The number of nitrogens with zero attached hydrogens (tertiary/aromatic N) is 1. The zero-order valence-electron chi connectivity index (χ0n) is 12.3. The number of carbonyl (C=O) groups is 1. The number of nitrogens with one attached hydrogen (secondary N) is 1. The molecule has 0 aromatic heterocycles. The summed E-state index contributed by atoms with van der Waals surface area (Å²) in [4.78, 5) is 14.0.